The van der Waals surface area contributed by atoms with Gasteiger partial charge in [-0.1, -0.05) is 0 Å². The zero-order valence-corrected chi connectivity index (χ0v) is 12.3. The van der Waals surface area contributed by atoms with Crippen molar-refractivity contribution in [2.45, 2.75) is 13.8 Å². The molecule has 0 aliphatic rings. The van der Waals surface area contributed by atoms with E-state index in [0.29, 0.717) is 5.39 Å². The molecular weight excluding hydrogens is 272 g/mol. The number of hydrogen-bond acceptors (Lipinski definition) is 4. The van der Waals surface area contributed by atoms with E-state index in [0.717, 1.165) is 26.7 Å². The molecule has 0 aliphatic heterocycles. The maximum absolute atomic E-state index is 12.6. The monoisotopic (exact) mass is 286 g/mol. The van der Waals surface area contributed by atoms with Crippen LogP contribution in [0, 0.1) is 13.8 Å². The van der Waals surface area contributed by atoms with Crippen molar-refractivity contribution in [2.75, 3.05) is 7.11 Å². The topological polar surface area (TPSA) is 44.1 Å². The van der Waals surface area contributed by atoms with Crippen LogP contribution in [0.5, 0.6) is 5.75 Å². The van der Waals surface area contributed by atoms with E-state index in [1.165, 1.54) is 0 Å². The summed E-state index contributed by atoms with van der Waals surface area (Å²) in [5, 5.41) is 0.714. The van der Waals surface area contributed by atoms with Crippen molar-refractivity contribution in [1.29, 1.82) is 0 Å². The van der Waals surface area contributed by atoms with Crippen LogP contribution >= 0.6 is 11.3 Å². The number of hydrogen-bond donors (Lipinski definition) is 0. The summed E-state index contributed by atoms with van der Waals surface area (Å²) in [5.41, 5.74) is 1.78. The first-order chi connectivity index (χ1) is 9.61. The quantitative estimate of drug-likeness (QED) is 0.727. The third kappa shape index (κ3) is 1.91. The van der Waals surface area contributed by atoms with Gasteiger partial charge in [0.25, 0.3) is 5.56 Å². The molecular formula is C15H14N2O2S. The molecule has 5 heteroatoms. The molecule has 0 aliphatic carbocycles. The number of rotatable bonds is 2. The highest BCUT2D eigenvalue weighted by Crippen LogP contribution is 2.26. The molecule has 0 fully saturated rings. The molecule has 0 saturated carbocycles. The second-order valence-electron chi connectivity index (χ2n) is 4.58. The predicted octanol–water partition coefficient (Wildman–Crippen LogP) is 3.07. The minimum absolute atomic E-state index is 0.0259. The molecule has 0 N–H and O–H groups in total. The molecule has 20 heavy (non-hydrogen) atoms. The number of benzene rings is 1. The van der Waals surface area contributed by atoms with E-state index in [1.54, 1.807) is 29.3 Å². The summed E-state index contributed by atoms with van der Waals surface area (Å²) in [6, 6.07) is 7.36. The minimum atomic E-state index is -0.0259. The number of fused-ring (bicyclic) bond motifs is 1. The van der Waals surface area contributed by atoms with E-state index >= 15 is 0 Å². The normalized spacial score (nSPS) is 10.9. The van der Waals surface area contributed by atoms with Crippen LogP contribution in [0.4, 0.5) is 0 Å². The second kappa shape index (κ2) is 4.76. The van der Waals surface area contributed by atoms with Gasteiger partial charge in [0.2, 0.25) is 0 Å². The molecule has 0 spiro atoms. The minimum Gasteiger partial charge on any atom is -0.497 e. The van der Waals surface area contributed by atoms with Crippen molar-refractivity contribution in [3.05, 3.63) is 51.4 Å². The molecule has 3 rings (SSSR count). The SMILES string of the molecule is COc1ccc(-n2cnc3sc(C)c(C)c3c2=O)cc1. The van der Waals surface area contributed by atoms with Crippen LogP contribution < -0.4 is 10.3 Å². The van der Waals surface area contributed by atoms with E-state index in [1.807, 2.05) is 38.1 Å². The fourth-order valence-electron chi connectivity index (χ4n) is 2.16. The van der Waals surface area contributed by atoms with Crippen LogP contribution in [-0.4, -0.2) is 16.7 Å². The molecule has 0 amide bonds. The van der Waals surface area contributed by atoms with E-state index < -0.39 is 0 Å². The zero-order chi connectivity index (χ0) is 14.3. The van der Waals surface area contributed by atoms with Gasteiger partial charge in [0.1, 0.15) is 16.9 Å². The zero-order valence-electron chi connectivity index (χ0n) is 11.5. The fourth-order valence-corrected chi connectivity index (χ4v) is 3.15. The molecule has 102 valence electrons. The number of methoxy groups -OCH3 is 1. The summed E-state index contributed by atoms with van der Waals surface area (Å²) in [6.45, 7) is 3.98. The maximum Gasteiger partial charge on any atom is 0.266 e. The van der Waals surface area contributed by atoms with Gasteiger partial charge in [-0.15, -0.1) is 11.3 Å². The smallest absolute Gasteiger partial charge is 0.266 e. The molecule has 0 saturated heterocycles. The molecule has 0 bridgehead atoms. The van der Waals surface area contributed by atoms with Crippen LogP contribution in [0.15, 0.2) is 35.4 Å². The van der Waals surface area contributed by atoms with Crippen molar-refractivity contribution in [1.82, 2.24) is 9.55 Å². The van der Waals surface area contributed by atoms with E-state index in [2.05, 4.69) is 4.98 Å². The molecule has 3 aromatic rings. The lowest BCUT2D eigenvalue weighted by atomic mass is 10.2. The largest absolute Gasteiger partial charge is 0.497 e. The first-order valence-electron chi connectivity index (χ1n) is 6.23. The van der Waals surface area contributed by atoms with E-state index in [4.69, 9.17) is 4.74 Å². The Bertz CT molecular complexity index is 831. The molecule has 0 radical (unpaired) electrons. The first-order valence-corrected chi connectivity index (χ1v) is 7.05. The highest BCUT2D eigenvalue weighted by atomic mass is 32.1. The number of ether oxygens (including phenoxy) is 1. The standard InChI is InChI=1S/C15H14N2O2S/c1-9-10(2)20-14-13(9)15(18)17(8-16-14)11-4-6-12(19-3)7-5-11/h4-8H,1-3H3. The number of thiophene rings is 1. The summed E-state index contributed by atoms with van der Waals surface area (Å²) >= 11 is 1.56. The Kier molecular flexibility index (Phi) is 3.06. The third-order valence-electron chi connectivity index (χ3n) is 3.44. The Labute approximate surface area is 120 Å². The number of nitrogens with zero attached hydrogens (tertiary/aromatic N) is 2. The Morgan fingerprint density at radius 3 is 2.55 bits per heavy atom. The summed E-state index contributed by atoms with van der Waals surface area (Å²) in [4.78, 5) is 18.9. The van der Waals surface area contributed by atoms with Gasteiger partial charge in [0, 0.05) is 4.88 Å². The van der Waals surface area contributed by atoms with Gasteiger partial charge in [-0.2, -0.15) is 0 Å². The fraction of sp³-hybridized carbons (Fsp3) is 0.200. The molecule has 0 atom stereocenters. The predicted molar refractivity (Wildman–Crippen MR) is 81.2 cm³/mol. The highest BCUT2D eigenvalue weighted by molar-refractivity contribution is 7.18. The van der Waals surface area contributed by atoms with Gasteiger partial charge in [-0.3, -0.25) is 9.36 Å². The molecule has 4 nitrogen and oxygen atoms in total. The summed E-state index contributed by atoms with van der Waals surface area (Å²) in [5.74, 6) is 0.762. The lowest BCUT2D eigenvalue weighted by Crippen LogP contribution is -2.18. The Balaban J connectivity index is 2.23. The van der Waals surface area contributed by atoms with Gasteiger partial charge in [0.05, 0.1) is 18.2 Å². The average molecular weight is 286 g/mol. The van der Waals surface area contributed by atoms with Crippen LogP contribution in [0.3, 0.4) is 0 Å². The van der Waals surface area contributed by atoms with Gasteiger partial charge >= 0.3 is 0 Å². The van der Waals surface area contributed by atoms with Gasteiger partial charge in [-0.25, -0.2) is 4.98 Å². The van der Waals surface area contributed by atoms with Gasteiger partial charge in [-0.05, 0) is 43.7 Å². The van der Waals surface area contributed by atoms with E-state index in [9.17, 15) is 4.79 Å². The Morgan fingerprint density at radius 2 is 1.90 bits per heavy atom. The van der Waals surface area contributed by atoms with Gasteiger partial charge < -0.3 is 4.74 Å². The highest BCUT2D eigenvalue weighted by Gasteiger charge is 2.12. The lowest BCUT2D eigenvalue weighted by Gasteiger charge is -2.06. The molecule has 2 aromatic heterocycles. The molecule has 2 heterocycles. The summed E-state index contributed by atoms with van der Waals surface area (Å²) in [6.07, 6.45) is 1.59. The van der Waals surface area contributed by atoms with Crippen molar-refractivity contribution in [3.63, 3.8) is 0 Å². The third-order valence-corrected chi connectivity index (χ3v) is 4.56. The van der Waals surface area contributed by atoms with Crippen LogP contribution in [-0.2, 0) is 0 Å². The van der Waals surface area contributed by atoms with Crippen LogP contribution in [0.2, 0.25) is 0 Å². The average Bonchev–Trinajstić information content (AvgIpc) is 2.75. The lowest BCUT2D eigenvalue weighted by molar-refractivity contribution is 0.414. The summed E-state index contributed by atoms with van der Waals surface area (Å²) < 4.78 is 6.70. The van der Waals surface area contributed by atoms with E-state index in [-0.39, 0.29) is 5.56 Å². The Hall–Kier alpha value is -2.14. The van der Waals surface area contributed by atoms with Gasteiger partial charge in [0.15, 0.2) is 0 Å². The van der Waals surface area contributed by atoms with Crippen molar-refractivity contribution in [3.8, 4) is 11.4 Å². The molecule has 1 aromatic carbocycles. The maximum atomic E-state index is 12.6. The van der Waals surface area contributed by atoms with Crippen molar-refractivity contribution in [2.24, 2.45) is 0 Å². The van der Waals surface area contributed by atoms with Crippen LogP contribution in [0.1, 0.15) is 10.4 Å². The van der Waals surface area contributed by atoms with Crippen molar-refractivity contribution < 1.29 is 4.74 Å². The number of aromatic nitrogens is 2. The first kappa shape index (κ1) is 12.9. The number of aryl methyl sites for hydroxylation is 2. The molecule has 0 unspecified atom stereocenters. The van der Waals surface area contributed by atoms with Crippen molar-refractivity contribution >= 4 is 21.6 Å². The summed E-state index contributed by atoms with van der Waals surface area (Å²) in [7, 11) is 1.62. The Morgan fingerprint density at radius 1 is 1.20 bits per heavy atom. The van der Waals surface area contributed by atoms with Crippen LogP contribution in [0.25, 0.3) is 15.9 Å². The second-order valence-corrected chi connectivity index (χ2v) is 5.78.